The van der Waals surface area contributed by atoms with Gasteiger partial charge in [-0.05, 0) is 49.5 Å². The quantitative estimate of drug-likeness (QED) is 0.244. The monoisotopic (exact) mass is 556 g/mol. The number of hydrogen-bond donors (Lipinski definition) is 1. The number of halogens is 1. The molecule has 1 saturated heterocycles. The summed E-state index contributed by atoms with van der Waals surface area (Å²) < 4.78 is 2.08. The first-order valence-corrected chi connectivity index (χ1v) is 14.3. The number of hydrogen-bond acceptors (Lipinski definition) is 6. The molecule has 1 aliphatic heterocycles. The third-order valence-electron chi connectivity index (χ3n) is 6.73. The zero-order valence-electron chi connectivity index (χ0n) is 21.8. The molecule has 1 N–H and O–H groups in total. The average molecular weight is 557 g/mol. The molecular formula is C28H33ClN4O2S2. The molecule has 0 bridgehead atoms. The van der Waals surface area contributed by atoms with Gasteiger partial charge in [0.1, 0.15) is 21.8 Å². The maximum absolute atomic E-state index is 13.4. The molecule has 1 fully saturated rings. The number of pyridine rings is 1. The summed E-state index contributed by atoms with van der Waals surface area (Å²) in [5.41, 5.74) is 1.73. The summed E-state index contributed by atoms with van der Waals surface area (Å²) in [6.07, 6.45) is 6.05. The van der Waals surface area contributed by atoms with Crippen LogP contribution in [-0.2, 0) is 17.9 Å². The number of carbonyl (C=O) groups excluding carboxylic acids is 1. The van der Waals surface area contributed by atoms with E-state index in [1.165, 1.54) is 16.3 Å². The highest BCUT2D eigenvalue weighted by atomic mass is 35.5. The van der Waals surface area contributed by atoms with Crippen LogP contribution < -0.4 is 10.9 Å². The van der Waals surface area contributed by atoms with Gasteiger partial charge in [-0.1, -0.05) is 86.9 Å². The molecule has 3 rings (SSSR count). The smallest absolute Gasteiger partial charge is 0.270 e. The topological polar surface area (TPSA) is 78.1 Å². The Balaban J connectivity index is 2.04. The van der Waals surface area contributed by atoms with Crippen LogP contribution in [0.25, 0.3) is 6.08 Å². The summed E-state index contributed by atoms with van der Waals surface area (Å²) >= 11 is 13.2. The number of thiocarbonyl (C=S) groups is 1. The lowest BCUT2D eigenvalue weighted by atomic mass is 9.99. The minimum Gasteiger partial charge on any atom is -0.367 e. The number of unbranched alkanes of at least 4 members (excludes halogenated alkanes) is 1. The molecule has 2 heterocycles. The molecule has 2 aromatic rings. The zero-order valence-corrected chi connectivity index (χ0v) is 24.2. The van der Waals surface area contributed by atoms with Crippen LogP contribution in [0.3, 0.4) is 0 Å². The van der Waals surface area contributed by atoms with Gasteiger partial charge in [0.2, 0.25) is 0 Å². The lowest BCUT2D eigenvalue weighted by Gasteiger charge is -2.22. The fraction of sp³-hybridized carbons (Fsp3) is 0.429. The molecule has 0 spiro atoms. The third-order valence-corrected chi connectivity index (χ3v) is 8.47. The highest BCUT2D eigenvalue weighted by molar-refractivity contribution is 8.26. The van der Waals surface area contributed by atoms with E-state index in [-0.39, 0.29) is 17.0 Å². The summed E-state index contributed by atoms with van der Waals surface area (Å²) in [4.78, 5) is 28.7. The van der Waals surface area contributed by atoms with Crippen LogP contribution in [-0.4, -0.2) is 26.2 Å². The molecule has 1 aromatic heterocycles. The molecule has 196 valence electrons. The van der Waals surface area contributed by atoms with Gasteiger partial charge in [0, 0.05) is 30.2 Å². The van der Waals surface area contributed by atoms with Crippen molar-refractivity contribution in [1.29, 1.82) is 5.26 Å². The van der Waals surface area contributed by atoms with Crippen LogP contribution in [0.15, 0.2) is 34.0 Å². The molecule has 1 atom stereocenters. The van der Waals surface area contributed by atoms with E-state index >= 15 is 0 Å². The second-order valence-electron chi connectivity index (χ2n) is 9.08. The molecule has 1 aliphatic rings. The molecule has 0 saturated carbocycles. The number of thioether (sulfide) groups is 1. The van der Waals surface area contributed by atoms with E-state index in [1.54, 1.807) is 17.9 Å². The number of aromatic nitrogens is 1. The maximum Gasteiger partial charge on any atom is 0.270 e. The van der Waals surface area contributed by atoms with Gasteiger partial charge in [-0.15, -0.1) is 0 Å². The Morgan fingerprint density at radius 2 is 1.97 bits per heavy atom. The van der Waals surface area contributed by atoms with Crippen LogP contribution >= 0.6 is 35.6 Å². The number of nitrogens with zero attached hydrogens (tertiary/aromatic N) is 3. The van der Waals surface area contributed by atoms with Crippen molar-refractivity contribution in [1.82, 2.24) is 9.47 Å². The maximum atomic E-state index is 13.4. The SMILES string of the molecule is CCCCC(CC)CN1C(=O)/C(=C\c2c(C)c(C#N)c(=O)n(CC)c2NCc2ccccc2Cl)SC1=S. The lowest BCUT2D eigenvalue weighted by Crippen LogP contribution is -2.33. The van der Waals surface area contributed by atoms with Crippen molar-refractivity contribution in [2.45, 2.75) is 66.5 Å². The predicted molar refractivity (Wildman–Crippen MR) is 158 cm³/mol. The van der Waals surface area contributed by atoms with E-state index in [9.17, 15) is 14.9 Å². The molecule has 37 heavy (non-hydrogen) atoms. The number of anilines is 1. The minimum absolute atomic E-state index is 0.0671. The number of benzene rings is 1. The van der Waals surface area contributed by atoms with E-state index in [2.05, 4.69) is 25.2 Å². The Labute approximate surface area is 233 Å². The number of amides is 1. The Morgan fingerprint density at radius 1 is 1.24 bits per heavy atom. The second-order valence-corrected chi connectivity index (χ2v) is 11.2. The highest BCUT2D eigenvalue weighted by Crippen LogP contribution is 2.36. The molecule has 1 aromatic carbocycles. The van der Waals surface area contributed by atoms with E-state index < -0.39 is 0 Å². The lowest BCUT2D eigenvalue weighted by molar-refractivity contribution is -0.122. The molecule has 6 nitrogen and oxygen atoms in total. The van der Waals surface area contributed by atoms with E-state index in [0.29, 0.717) is 56.7 Å². The Kier molecular flexibility index (Phi) is 10.4. The van der Waals surface area contributed by atoms with Crippen molar-refractivity contribution in [2.75, 3.05) is 11.9 Å². The van der Waals surface area contributed by atoms with Crippen molar-refractivity contribution in [3.05, 3.63) is 66.8 Å². The molecular weight excluding hydrogens is 524 g/mol. The number of nitriles is 1. The summed E-state index contributed by atoms with van der Waals surface area (Å²) in [5, 5.41) is 13.7. The fourth-order valence-corrected chi connectivity index (χ4v) is 5.90. The normalized spacial score (nSPS) is 15.4. The van der Waals surface area contributed by atoms with Crippen molar-refractivity contribution in [2.24, 2.45) is 5.92 Å². The first-order chi connectivity index (χ1) is 17.8. The Bertz CT molecular complexity index is 1310. The minimum atomic E-state index is -0.365. The summed E-state index contributed by atoms with van der Waals surface area (Å²) in [5.74, 6) is 0.807. The van der Waals surface area contributed by atoms with Crippen LogP contribution in [0, 0.1) is 24.2 Å². The van der Waals surface area contributed by atoms with Gasteiger partial charge >= 0.3 is 0 Å². The summed E-state index contributed by atoms with van der Waals surface area (Å²) in [7, 11) is 0. The van der Waals surface area contributed by atoms with E-state index in [0.717, 1.165) is 31.2 Å². The standard InChI is InChI=1S/C28H33ClN4O2S2/c1-5-8-11-19(6-2)17-33-27(35)24(37-28(33)36)14-21-18(4)22(15-30)26(34)32(7-3)25(21)31-16-20-12-9-10-13-23(20)29/h9-10,12-14,19,31H,5-8,11,16-17H2,1-4H3/b24-14+. The number of rotatable bonds is 11. The van der Waals surface area contributed by atoms with Crippen molar-refractivity contribution in [3.8, 4) is 6.07 Å². The third kappa shape index (κ3) is 6.46. The summed E-state index contributed by atoms with van der Waals surface area (Å²) in [6, 6.07) is 9.54. The first-order valence-electron chi connectivity index (χ1n) is 12.7. The van der Waals surface area contributed by atoms with E-state index in [1.807, 2.05) is 31.2 Å². The number of carbonyl (C=O) groups is 1. The van der Waals surface area contributed by atoms with Crippen LogP contribution in [0.2, 0.25) is 5.02 Å². The summed E-state index contributed by atoms with van der Waals surface area (Å²) in [6.45, 7) is 9.24. The van der Waals surface area contributed by atoms with Gasteiger partial charge in [-0.3, -0.25) is 19.1 Å². The second kappa shape index (κ2) is 13.3. The largest absolute Gasteiger partial charge is 0.367 e. The van der Waals surface area contributed by atoms with Crippen LogP contribution in [0.5, 0.6) is 0 Å². The molecule has 0 aliphatic carbocycles. The van der Waals surface area contributed by atoms with Gasteiger partial charge in [0.25, 0.3) is 11.5 Å². The van der Waals surface area contributed by atoms with Crippen molar-refractivity contribution >= 4 is 57.7 Å². The zero-order chi connectivity index (χ0) is 27.1. The molecule has 1 amide bonds. The van der Waals surface area contributed by atoms with Gasteiger partial charge in [-0.2, -0.15) is 5.26 Å². The molecule has 0 radical (unpaired) electrons. The van der Waals surface area contributed by atoms with Gasteiger partial charge in [0.05, 0.1) is 4.91 Å². The fourth-order valence-electron chi connectivity index (χ4n) is 4.44. The van der Waals surface area contributed by atoms with Gasteiger partial charge in [-0.25, -0.2) is 0 Å². The Morgan fingerprint density at radius 3 is 2.59 bits per heavy atom. The van der Waals surface area contributed by atoms with E-state index in [4.69, 9.17) is 23.8 Å². The predicted octanol–water partition coefficient (Wildman–Crippen LogP) is 6.73. The molecule has 9 heteroatoms. The van der Waals surface area contributed by atoms with Crippen LogP contribution in [0.1, 0.15) is 68.7 Å². The highest BCUT2D eigenvalue weighted by Gasteiger charge is 2.34. The molecule has 1 unspecified atom stereocenters. The van der Waals surface area contributed by atoms with Gasteiger partial charge in [0.15, 0.2) is 0 Å². The van der Waals surface area contributed by atoms with Crippen molar-refractivity contribution < 1.29 is 4.79 Å². The average Bonchev–Trinajstić information content (AvgIpc) is 3.15. The Hall–Kier alpha value is -2.60. The number of nitrogens with one attached hydrogen (secondary N) is 1. The van der Waals surface area contributed by atoms with Crippen molar-refractivity contribution in [3.63, 3.8) is 0 Å². The van der Waals surface area contributed by atoms with Gasteiger partial charge < -0.3 is 5.32 Å². The van der Waals surface area contributed by atoms with Crippen LogP contribution in [0.4, 0.5) is 5.82 Å². The first kappa shape index (κ1) is 29.0.